The van der Waals surface area contributed by atoms with Crippen molar-refractivity contribution in [1.29, 1.82) is 0 Å². The molecule has 2 heterocycles. The Balaban J connectivity index is 1.49. The zero-order chi connectivity index (χ0) is 21.3. The minimum absolute atomic E-state index is 0.387. The van der Waals surface area contributed by atoms with Gasteiger partial charge in [0.1, 0.15) is 24.1 Å². The number of nitrogens with zero attached hydrogens (tertiary/aromatic N) is 1. The van der Waals surface area contributed by atoms with Gasteiger partial charge in [-0.15, -0.1) is 0 Å². The molecule has 3 aliphatic rings. The van der Waals surface area contributed by atoms with Crippen molar-refractivity contribution in [1.82, 2.24) is 4.90 Å². The van der Waals surface area contributed by atoms with Gasteiger partial charge >= 0.3 is 5.97 Å². The molecule has 0 spiro atoms. The normalized spacial score (nSPS) is 36.3. The lowest BCUT2D eigenvalue weighted by molar-refractivity contribution is -0.271. The van der Waals surface area contributed by atoms with Gasteiger partial charge in [-0.05, 0) is 56.5 Å². The van der Waals surface area contributed by atoms with Gasteiger partial charge in [0.25, 0.3) is 0 Å². The summed E-state index contributed by atoms with van der Waals surface area (Å²) in [4.78, 5) is 13.8. The predicted octanol–water partition coefficient (Wildman–Crippen LogP) is 0.989. The molecule has 0 amide bonds. The molecule has 8 nitrogen and oxygen atoms in total. The van der Waals surface area contributed by atoms with E-state index in [1.165, 1.54) is 31.3 Å². The fourth-order valence-electron chi connectivity index (χ4n) is 4.43. The number of rotatable bonds is 5. The first-order valence-corrected chi connectivity index (χ1v) is 10.6. The fraction of sp³-hybridized carbons (Fsp3) is 0.591. The summed E-state index contributed by atoms with van der Waals surface area (Å²) in [5.41, 5.74) is 2.37. The van der Waals surface area contributed by atoms with E-state index in [9.17, 15) is 25.2 Å². The summed E-state index contributed by atoms with van der Waals surface area (Å²) in [6.45, 7) is 2.31. The van der Waals surface area contributed by atoms with Crippen molar-refractivity contribution in [3.8, 4) is 5.75 Å². The van der Waals surface area contributed by atoms with Crippen LogP contribution in [-0.4, -0.2) is 81.1 Å². The molecule has 8 heteroatoms. The molecule has 2 aliphatic heterocycles. The Kier molecular flexibility index (Phi) is 6.40. The Labute approximate surface area is 175 Å². The third kappa shape index (κ3) is 4.38. The Hall–Kier alpha value is -1.97. The Morgan fingerprint density at radius 1 is 1.10 bits per heavy atom. The van der Waals surface area contributed by atoms with E-state index in [2.05, 4.69) is 11.0 Å². The third-order valence-electron chi connectivity index (χ3n) is 6.23. The highest BCUT2D eigenvalue weighted by Crippen LogP contribution is 2.33. The maximum Gasteiger partial charge on any atom is 0.335 e. The summed E-state index contributed by atoms with van der Waals surface area (Å²) >= 11 is 0. The van der Waals surface area contributed by atoms with Gasteiger partial charge in [0.15, 0.2) is 6.10 Å². The first-order valence-electron chi connectivity index (χ1n) is 10.6. The van der Waals surface area contributed by atoms with Gasteiger partial charge in [-0.1, -0.05) is 30.2 Å². The Morgan fingerprint density at radius 2 is 1.90 bits per heavy atom. The average Bonchev–Trinajstić information content (AvgIpc) is 2.68. The molecule has 1 aliphatic carbocycles. The van der Waals surface area contributed by atoms with Crippen LogP contribution >= 0.6 is 0 Å². The highest BCUT2D eigenvalue weighted by Gasteiger charge is 2.48. The maximum atomic E-state index is 11.3. The van der Waals surface area contributed by atoms with E-state index in [1.54, 1.807) is 12.1 Å². The quantitative estimate of drug-likeness (QED) is 0.558. The molecule has 164 valence electrons. The summed E-state index contributed by atoms with van der Waals surface area (Å²) in [5, 5.41) is 39.1. The number of aliphatic hydroxyl groups is 3. The molecule has 4 rings (SSSR count). The van der Waals surface area contributed by atoms with Crippen LogP contribution < -0.4 is 4.74 Å². The molecule has 0 unspecified atom stereocenters. The summed E-state index contributed by atoms with van der Waals surface area (Å²) in [6, 6.07) is 7.77. The van der Waals surface area contributed by atoms with E-state index in [1.807, 2.05) is 12.1 Å². The number of hydrogen-bond donors (Lipinski definition) is 4. The number of aliphatic carboxylic acids is 1. The van der Waals surface area contributed by atoms with E-state index in [-0.39, 0.29) is 0 Å². The van der Waals surface area contributed by atoms with Gasteiger partial charge in [-0.2, -0.15) is 0 Å². The van der Waals surface area contributed by atoms with Crippen LogP contribution in [0.5, 0.6) is 5.75 Å². The zero-order valence-corrected chi connectivity index (χ0v) is 16.8. The van der Waals surface area contributed by atoms with Crippen molar-refractivity contribution in [2.24, 2.45) is 0 Å². The second kappa shape index (κ2) is 9.03. The molecule has 6 atom stereocenters. The van der Waals surface area contributed by atoms with Gasteiger partial charge in [-0.3, -0.25) is 4.90 Å². The summed E-state index contributed by atoms with van der Waals surface area (Å²) in [7, 11) is 0. The van der Waals surface area contributed by atoms with Crippen molar-refractivity contribution in [2.75, 3.05) is 13.1 Å². The molecule has 4 N–H and O–H groups in total. The van der Waals surface area contributed by atoms with Crippen LogP contribution in [0.4, 0.5) is 0 Å². The molecule has 2 saturated heterocycles. The van der Waals surface area contributed by atoms with Gasteiger partial charge in [-0.25, -0.2) is 4.79 Å². The van der Waals surface area contributed by atoms with Crippen LogP contribution in [-0.2, 0) is 9.53 Å². The molecule has 30 heavy (non-hydrogen) atoms. The molecule has 3 fully saturated rings. The highest BCUT2D eigenvalue weighted by molar-refractivity contribution is 5.73. The number of likely N-dealkylation sites (tertiary alicyclic amines) is 1. The lowest BCUT2D eigenvalue weighted by atomic mass is 9.86. The van der Waals surface area contributed by atoms with E-state index in [0.29, 0.717) is 11.8 Å². The molecule has 1 saturated carbocycles. The number of aliphatic hydroxyl groups excluding tert-OH is 3. The number of benzene rings is 1. The highest BCUT2D eigenvalue weighted by atomic mass is 16.7. The molecular weight excluding hydrogens is 390 g/mol. The smallest absolute Gasteiger partial charge is 0.335 e. The number of carboxylic acids is 1. The second-order valence-corrected chi connectivity index (χ2v) is 8.30. The number of hydrogen-bond acceptors (Lipinski definition) is 7. The summed E-state index contributed by atoms with van der Waals surface area (Å²) in [6.07, 6.45) is 0.0411. The minimum Gasteiger partial charge on any atom is -0.479 e. The van der Waals surface area contributed by atoms with E-state index in [0.717, 1.165) is 25.1 Å². The second-order valence-electron chi connectivity index (χ2n) is 8.30. The molecule has 1 aromatic carbocycles. The summed E-state index contributed by atoms with van der Waals surface area (Å²) < 4.78 is 10.9. The lowest BCUT2D eigenvalue weighted by Gasteiger charge is -2.42. The Bertz CT molecular complexity index is 793. The first kappa shape index (κ1) is 21.3. The topological polar surface area (TPSA) is 120 Å². The molecule has 0 bridgehead atoms. The number of carboxylic acid groups (broad SMARTS) is 1. The van der Waals surface area contributed by atoms with Crippen LogP contribution in [0.15, 0.2) is 29.8 Å². The average molecular weight is 419 g/mol. The first-order chi connectivity index (χ1) is 14.4. The number of ether oxygens (including phenoxy) is 2. The van der Waals surface area contributed by atoms with Crippen molar-refractivity contribution < 1.29 is 34.7 Å². The predicted molar refractivity (Wildman–Crippen MR) is 108 cm³/mol. The van der Waals surface area contributed by atoms with Gasteiger partial charge in [0.2, 0.25) is 6.29 Å². The maximum absolute atomic E-state index is 11.3. The molecule has 0 radical (unpaired) electrons. The number of carbonyl (C=O) groups is 1. The van der Waals surface area contributed by atoms with Gasteiger partial charge in [0.05, 0.1) is 0 Å². The van der Waals surface area contributed by atoms with Crippen molar-refractivity contribution in [3.63, 3.8) is 0 Å². The molecule has 0 aromatic heterocycles. The SMILES string of the molecule is O=C(O)[C@H]1O[C@@H](Oc2cccc(/C=C3\CCCC[C@H]3N3CCC3)c2)[C@H](O)[C@@H](O)[C@@H]1O. The van der Waals surface area contributed by atoms with Gasteiger partial charge in [0, 0.05) is 6.04 Å². The standard InChI is InChI=1S/C22H29NO7/c24-17-18(25)20(21(27)28)30-22(19(17)26)29-15-7-3-5-13(12-15)11-14-6-1-2-8-16(14)23-9-4-10-23/h3,5,7,11-12,16-20,22,24-26H,1-2,4,6,8-10H2,(H,27,28)/b14-11+/t16-,17+,18+,19-,20+,22-/m1/s1. The van der Waals surface area contributed by atoms with Crippen molar-refractivity contribution >= 4 is 12.0 Å². The van der Waals surface area contributed by atoms with Crippen molar-refractivity contribution in [3.05, 3.63) is 35.4 Å². The largest absolute Gasteiger partial charge is 0.479 e. The Morgan fingerprint density at radius 3 is 2.60 bits per heavy atom. The van der Waals surface area contributed by atoms with Crippen LogP contribution in [0.3, 0.4) is 0 Å². The van der Waals surface area contributed by atoms with Crippen LogP contribution in [0.1, 0.15) is 37.7 Å². The zero-order valence-electron chi connectivity index (χ0n) is 16.8. The van der Waals surface area contributed by atoms with Crippen LogP contribution in [0.2, 0.25) is 0 Å². The summed E-state index contributed by atoms with van der Waals surface area (Å²) in [5.74, 6) is -1.05. The van der Waals surface area contributed by atoms with Crippen molar-refractivity contribution in [2.45, 2.75) is 68.9 Å². The fourth-order valence-corrected chi connectivity index (χ4v) is 4.43. The molecular formula is C22H29NO7. The van der Waals surface area contributed by atoms with Crippen LogP contribution in [0, 0.1) is 0 Å². The molecule has 1 aromatic rings. The van der Waals surface area contributed by atoms with E-state index in [4.69, 9.17) is 9.47 Å². The van der Waals surface area contributed by atoms with Crippen LogP contribution in [0.25, 0.3) is 6.08 Å². The lowest BCUT2D eigenvalue weighted by Crippen LogP contribution is -2.61. The van der Waals surface area contributed by atoms with Gasteiger partial charge < -0.3 is 29.9 Å². The minimum atomic E-state index is -1.74. The van der Waals surface area contributed by atoms with E-state index >= 15 is 0 Å². The monoisotopic (exact) mass is 419 g/mol. The van der Waals surface area contributed by atoms with E-state index < -0.39 is 36.7 Å². The third-order valence-corrected chi connectivity index (χ3v) is 6.23.